The van der Waals surface area contributed by atoms with Crippen LogP contribution >= 0.6 is 15.9 Å². The summed E-state index contributed by atoms with van der Waals surface area (Å²) < 4.78 is 0.846. The minimum atomic E-state index is -0.0261. The zero-order valence-corrected chi connectivity index (χ0v) is 11.8. The van der Waals surface area contributed by atoms with Crippen LogP contribution in [0.2, 0.25) is 0 Å². The van der Waals surface area contributed by atoms with Gasteiger partial charge in [-0.05, 0) is 46.0 Å². The maximum atomic E-state index is 11.9. The number of hydrogen-bond acceptors (Lipinski definition) is 1. The van der Waals surface area contributed by atoms with Gasteiger partial charge in [-0.1, -0.05) is 26.8 Å². The van der Waals surface area contributed by atoms with Crippen molar-refractivity contribution in [3.8, 4) is 0 Å². The van der Waals surface area contributed by atoms with Crippen molar-refractivity contribution >= 4 is 21.8 Å². The summed E-state index contributed by atoms with van der Waals surface area (Å²) in [6, 6.07) is 5.74. The van der Waals surface area contributed by atoms with Gasteiger partial charge in [-0.3, -0.25) is 4.79 Å². The Kier molecular flexibility index (Phi) is 4.14. The number of rotatable bonds is 2. The van der Waals surface area contributed by atoms with Crippen molar-refractivity contribution in [1.29, 1.82) is 0 Å². The maximum absolute atomic E-state index is 11.9. The predicted molar refractivity (Wildman–Crippen MR) is 70.7 cm³/mol. The van der Waals surface area contributed by atoms with Crippen molar-refractivity contribution in [2.24, 2.45) is 5.41 Å². The molecule has 0 aromatic heterocycles. The van der Waals surface area contributed by atoms with Crippen LogP contribution in [0.3, 0.4) is 0 Å². The van der Waals surface area contributed by atoms with Crippen molar-refractivity contribution in [3.05, 3.63) is 33.8 Å². The highest BCUT2D eigenvalue weighted by atomic mass is 79.9. The van der Waals surface area contributed by atoms with Crippen molar-refractivity contribution in [1.82, 2.24) is 5.32 Å². The fourth-order valence-electron chi connectivity index (χ4n) is 1.24. The van der Waals surface area contributed by atoms with Gasteiger partial charge in [-0.15, -0.1) is 0 Å². The number of amides is 1. The molecule has 88 valence electrons. The molecule has 3 heteroatoms. The van der Waals surface area contributed by atoms with Crippen molar-refractivity contribution in [2.75, 3.05) is 6.54 Å². The average molecular weight is 284 g/mol. The lowest BCUT2D eigenvalue weighted by atomic mass is 9.97. The second kappa shape index (κ2) is 5.00. The first-order chi connectivity index (χ1) is 7.29. The summed E-state index contributed by atoms with van der Waals surface area (Å²) in [5, 5.41) is 2.93. The van der Waals surface area contributed by atoms with Crippen LogP contribution in [-0.2, 0) is 0 Å². The monoisotopic (exact) mass is 283 g/mol. The summed E-state index contributed by atoms with van der Waals surface area (Å²) in [6.45, 7) is 8.96. The van der Waals surface area contributed by atoms with Crippen LogP contribution in [0, 0.1) is 12.3 Å². The molecule has 1 N–H and O–H groups in total. The fourth-order valence-corrected chi connectivity index (χ4v) is 1.92. The molecule has 0 aliphatic carbocycles. The van der Waals surface area contributed by atoms with E-state index >= 15 is 0 Å². The highest BCUT2D eigenvalue weighted by molar-refractivity contribution is 9.10. The molecular weight excluding hydrogens is 266 g/mol. The van der Waals surface area contributed by atoms with Crippen molar-refractivity contribution in [2.45, 2.75) is 27.7 Å². The van der Waals surface area contributed by atoms with Gasteiger partial charge in [0.1, 0.15) is 0 Å². The molecule has 0 aliphatic rings. The van der Waals surface area contributed by atoms with E-state index in [0.717, 1.165) is 10.0 Å². The van der Waals surface area contributed by atoms with Crippen LogP contribution < -0.4 is 5.32 Å². The topological polar surface area (TPSA) is 29.1 Å². The SMILES string of the molecule is Cc1ccc(C(=O)NCC(C)(C)C)c(Br)c1. The largest absolute Gasteiger partial charge is 0.351 e. The molecule has 0 atom stereocenters. The van der Waals surface area contributed by atoms with E-state index in [9.17, 15) is 4.79 Å². The number of carbonyl (C=O) groups excluding carboxylic acids is 1. The Bertz CT molecular complexity index is 393. The van der Waals surface area contributed by atoms with E-state index in [0.29, 0.717) is 12.1 Å². The fraction of sp³-hybridized carbons (Fsp3) is 0.462. The van der Waals surface area contributed by atoms with Gasteiger partial charge in [0.2, 0.25) is 0 Å². The van der Waals surface area contributed by atoms with Crippen molar-refractivity contribution in [3.63, 3.8) is 0 Å². The van der Waals surface area contributed by atoms with E-state index in [1.54, 1.807) is 0 Å². The first-order valence-electron chi connectivity index (χ1n) is 5.34. The number of nitrogens with one attached hydrogen (secondary N) is 1. The number of benzene rings is 1. The molecule has 1 aromatic rings. The van der Waals surface area contributed by atoms with E-state index in [4.69, 9.17) is 0 Å². The Morgan fingerprint density at radius 1 is 1.38 bits per heavy atom. The van der Waals surface area contributed by atoms with E-state index in [1.807, 2.05) is 25.1 Å². The van der Waals surface area contributed by atoms with Gasteiger partial charge < -0.3 is 5.32 Å². The number of aryl methyl sites for hydroxylation is 1. The first-order valence-corrected chi connectivity index (χ1v) is 6.13. The van der Waals surface area contributed by atoms with Gasteiger partial charge in [-0.25, -0.2) is 0 Å². The third kappa shape index (κ3) is 3.97. The normalized spacial score (nSPS) is 11.3. The van der Waals surface area contributed by atoms with Crippen LogP contribution in [0.1, 0.15) is 36.7 Å². The van der Waals surface area contributed by atoms with Crippen LogP contribution in [0.5, 0.6) is 0 Å². The van der Waals surface area contributed by atoms with Gasteiger partial charge in [0.05, 0.1) is 5.56 Å². The van der Waals surface area contributed by atoms with Gasteiger partial charge in [0.15, 0.2) is 0 Å². The molecule has 0 saturated carbocycles. The van der Waals surface area contributed by atoms with Gasteiger partial charge in [0.25, 0.3) is 5.91 Å². The maximum Gasteiger partial charge on any atom is 0.252 e. The molecule has 0 bridgehead atoms. The summed E-state index contributed by atoms with van der Waals surface area (Å²) >= 11 is 3.41. The Morgan fingerprint density at radius 2 is 2.00 bits per heavy atom. The molecule has 1 rings (SSSR count). The Morgan fingerprint density at radius 3 is 2.50 bits per heavy atom. The summed E-state index contributed by atoms with van der Waals surface area (Å²) in [7, 11) is 0. The lowest BCUT2D eigenvalue weighted by Crippen LogP contribution is -2.32. The molecule has 1 amide bonds. The second-order valence-corrected chi connectivity index (χ2v) is 6.08. The zero-order valence-electron chi connectivity index (χ0n) is 10.2. The summed E-state index contributed by atoms with van der Waals surface area (Å²) in [4.78, 5) is 11.9. The summed E-state index contributed by atoms with van der Waals surface area (Å²) in [5.74, 6) is -0.0261. The molecule has 2 nitrogen and oxygen atoms in total. The van der Waals surface area contributed by atoms with Crippen LogP contribution in [-0.4, -0.2) is 12.5 Å². The van der Waals surface area contributed by atoms with Crippen LogP contribution in [0.15, 0.2) is 22.7 Å². The molecular formula is C13H18BrNO. The standard InChI is InChI=1S/C13H18BrNO/c1-9-5-6-10(11(14)7-9)12(16)15-8-13(2,3)4/h5-7H,8H2,1-4H3,(H,15,16). The minimum absolute atomic E-state index is 0.0261. The van der Waals surface area contributed by atoms with Gasteiger partial charge in [0, 0.05) is 11.0 Å². The smallest absolute Gasteiger partial charge is 0.252 e. The number of hydrogen-bond donors (Lipinski definition) is 1. The average Bonchev–Trinajstić information content (AvgIpc) is 2.13. The summed E-state index contributed by atoms with van der Waals surface area (Å²) in [6.07, 6.45) is 0. The molecule has 0 saturated heterocycles. The lowest BCUT2D eigenvalue weighted by molar-refractivity contribution is 0.0938. The zero-order chi connectivity index (χ0) is 12.3. The third-order valence-corrected chi connectivity index (χ3v) is 2.80. The second-order valence-electron chi connectivity index (χ2n) is 5.23. The Labute approximate surface area is 106 Å². The molecule has 0 radical (unpaired) electrons. The molecule has 0 spiro atoms. The minimum Gasteiger partial charge on any atom is -0.351 e. The van der Waals surface area contributed by atoms with Crippen LogP contribution in [0.25, 0.3) is 0 Å². The Hall–Kier alpha value is -0.830. The van der Waals surface area contributed by atoms with Crippen LogP contribution in [0.4, 0.5) is 0 Å². The van der Waals surface area contributed by atoms with E-state index < -0.39 is 0 Å². The van der Waals surface area contributed by atoms with E-state index in [2.05, 4.69) is 42.0 Å². The Balaban J connectivity index is 2.74. The third-order valence-electron chi connectivity index (χ3n) is 2.15. The van der Waals surface area contributed by atoms with Crippen molar-refractivity contribution < 1.29 is 4.79 Å². The molecule has 0 unspecified atom stereocenters. The molecule has 0 fully saturated rings. The molecule has 0 heterocycles. The lowest BCUT2D eigenvalue weighted by Gasteiger charge is -2.19. The summed E-state index contributed by atoms with van der Waals surface area (Å²) in [5.41, 5.74) is 1.93. The highest BCUT2D eigenvalue weighted by Crippen LogP contribution is 2.18. The first kappa shape index (κ1) is 13.2. The quantitative estimate of drug-likeness (QED) is 0.884. The number of halogens is 1. The molecule has 16 heavy (non-hydrogen) atoms. The predicted octanol–water partition coefficient (Wildman–Crippen LogP) is 3.53. The number of carbonyl (C=O) groups is 1. The molecule has 0 aliphatic heterocycles. The highest BCUT2D eigenvalue weighted by Gasteiger charge is 2.14. The molecule has 1 aromatic carbocycles. The van der Waals surface area contributed by atoms with Gasteiger partial charge >= 0.3 is 0 Å². The van der Waals surface area contributed by atoms with Gasteiger partial charge in [-0.2, -0.15) is 0 Å². The van der Waals surface area contributed by atoms with E-state index in [1.165, 1.54) is 0 Å². The van der Waals surface area contributed by atoms with E-state index in [-0.39, 0.29) is 11.3 Å².